The number of hydrogen-bond donors (Lipinski definition) is 8. The molecule has 2 saturated heterocycles. The van der Waals surface area contributed by atoms with Gasteiger partial charge < -0.3 is 59.8 Å². The van der Waals surface area contributed by atoms with E-state index in [9.17, 15) is 40.9 Å². The molecule has 4 rings (SSSR count). The minimum absolute atomic E-state index is 0.244. The number of aliphatic hydroxyl groups excluding tert-OH is 8. The van der Waals surface area contributed by atoms with Crippen molar-refractivity contribution in [3.05, 3.63) is 35.4 Å². The molecule has 0 radical (unpaired) electrons. The van der Waals surface area contributed by atoms with Gasteiger partial charge in [0, 0.05) is 10.8 Å². The lowest BCUT2D eigenvalue weighted by molar-refractivity contribution is -0.277. The topological polar surface area (TPSA) is 199 Å². The van der Waals surface area contributed by atoms with E-state index in [0.29, 0.717) is 16.3 Å². The summed E-state index contributed by atoms with van der Waals surface area (Å²) in [6.07, 6.45) is -14.6. The summed E-state index contributed by atoms with van der Waals surface area (Å²) in [5, 5.41) is 81.0. The molecule has 200 valence electrons. The Morgan fingerprint density at radius 2 is 1.19 bits per heavy atom. The van der Waals surface area contributed by atoms with Gasteiger partial charge in [-0.15, -0.1) is 0 Å². The van der Waals surface area contributed by atoms with Gasteiger partial charge in [-0.2, -0.15) is 0 Å². The van der Waals surface area contributed by atoms with Gasteiger partial charge in [-0.25, -0.2) is 0 Å². The van der Waals surface area contributed by atoms with E-state index in [4.69, 9.17) is 18.9 Å². The number of benzene rings is 2. The first-order valence-electron chi connectivity index (χ1n) is 11.6. The smallest absolute Gasteiger partial charge is 0.229 e. The maximum atomic E-state index is 10.4. The van der Waals surface area contributed by atoms with E-state index in [1.54, 1.807) is 31.2 Å². The zero-order valence-electron chi connectivity index (χ0n) is 19.7. The van der Waals surface area contributed by atoms with Crippen molar-refractivity contribution < 1.29 is 59.8 Å². The fourth-order valence-electron chi connectivity index (χ4n) is 4.44. The molecule has 10 atom stereocenters. The molecule has 0 saturated carbocycles. The van der Waals surface area contributed by atoms with Crippen molar-refractivity contribution in [3.63, 3.8) is 0 Å². The summed E-state index contributed by atoms with van der Waals surface area (Å²) in [4.78, 5) is 0. The van der Waals surface area contributed by atoms with Gasteiger partial charge >= 0.3 is 0 Å². The highest BCUT2D eigenvalue weighted by molar-refractivity contribution is 5.95. The van der Waals surface area contributed by atoms with Crippen LogP contribution in [-0.4, -0.2) is 115 Å². The van der Waals surface area contributed by atoms with Crippen LogP contribution in [-0.2, 0) is 9.47 Å². The Labute approximate surface area is 206 Å². The van der Waals surface area contributed by atoms with Crippen molar-refractivity contribution >= 4 is 10.8 Å². The molecule has 0 amide bonds. The second-order valence-electron chi connectivity index (χ2n) is 9.20. The average Bonchev–Trinajstić information content (AvgIpc) is 2.86. The quantitative estimate of drug-likeness (QED) is 0.208. The van der Waals surface area contributed by atoms with E-state index < -0.39 is 74.6 Å². The molecular formula is C24H32O12. The summed E-state index contributed by atoms with van der Waals surface area (Å²) in [5.74, 6) is 0.521. The molecule has 2 fully saturated rings. The van der Waals surface area contributed by atoms with Crippen LogP contribution in [0.25, 0.3) is 10.8 Å². The molecule has 0 spiro atoms. The maximum Gasteiger partial charge on any atom is 0.229 e. The average molecular weight is 513 g/mol. The van der Waals surface area contributed by atoms with Gasteiger partial charge in [0.15, 0.2) is 0 Å². The molecule has 12 nitrogen and oxygen atoms in total. The standard InChI is InChI=1S/C24H32O12/c1-9-3-4-11-12(5-9)22(36-24-21(32)19(30)17(28)15(8-26)35-24)10(2)6-13(11)33-23-20(31)18(29)16(27)14(7-25)34-23/h3-6,14-21,23-32H,7-8H2,1-2H3/t14-,15-,16-,17-,18+,19+,20-,21-,23-,24+/m1/s1. The van der Waals surface area contributed by atoms with Crippen molar-refractivity contribution in [2.24, 2.45) is 0 Å². The summed E-state index contributed by atoms with van der Waals surface area (Å²) in [5.41, 5.74) is 1.36. The predicted molar refractivity (Wildman–Crippen MR) is 122 cm³/mol. The zero-order chi connectivity index (χ0) is 26.3. The number of ether oxygens (including phenoxy) is 4. The summed E-state index contributed by atoms with van der Waals surface area (Å²) in [7, 11) is 0. The van der Waals surface area contributed by atoms with E-state index in [1.807, 2.05) is 6.92 Å². The number of hydrogen-bond acceptors (Lipinski definition) is 12. The first-order chi connectivity index (χ1) is 17.1. The van der Waals surface area contributed by atoms with Gasteiger partial charge in [0.2, 0.25) is 12.6 Å². The van der Waals surface area contributed by atoms with E-state index >= 15 is 0 Å². The summed E-state index contributed by atoms with van der Waals surface area (Å²) in [6.45, 7) is 2.32. The Hall–Kier alpha value is -2.10. The van der Waals surface area contributed by atoms with Crippen molar-refractivity contribution in [2.45, 2.75) is 75.3 Å². The van der Waals surface area contributed by atoms with Gasteiger partial charge in [-0.3, -0.25) is 0 Å². The van der Waals surface area contributed by atoms with Crippen molar-refractivity contribution in [2.75, 3.05) is 13.2 Å². The highest BCUT2D eigenvalue weighted by atomic mass is 16.7. The first-order valence-corrected chi connectivity index (χ1v) is 11.6. The van der Waals surface area contributed by atoms with Gasteiger partial charge in [-0.1, -0.05) is 17.7 Å². The van der Waals surface area contributed by atoms with Gasteiger partial charge in [0.1, 0.15) is 60.3 Å². The third kappa shape index (κ3) is 4.89. The van der Waals surface area contributed by atoms with Crippen molar-refractivity contribution in [1.29, 1.82) is 0 Å². The Bertz CT molecular complexity index is 1060. The number of rotatable bonds is 6. The number of fused-ring (bicyclic) bond motifs is 1. The lowest BCUT2D eigenvalue weighted by atomic mass is 9.98. The molecule has 2 aliphatic rings. The molecule has 0 unspecified atom stereocenters. The van der Waals surface area contributed by atoms with Crippen LogP contribution in [0.4, 0.5) is 0 Å². The minimum Gasteiger partial charge on any atom is -0.461 e. The highest BCUT2D eigenvalue weighted by Crippen LogP contribution is 2.40. The molecule has 8 N–H and O–H groups in total. The highest BCUT2D eigenvalue weighted by Gasteiger charge is 2.46. The van der Waals surface area contributed by atoms with Crippen LogP contribution in [0.5, 0.6) is 11.5 Å². The summed E-state index contributed by atoms with van der Waals surface area (Å²) < 4.78 is 22.8. The SMILES string of the molecule is Cc1ccc2c(O[C@@H]3O[C@H](CO)[C@@H](O)[C@H](O)[C@H]3O)cc(C)c(O[C@@H]3O[C@H](CO)[C@@H](O)[C@H](O)[C@H]3O)c2c1. The first kappa shape index (κ1) is 26.9. The third-order valence-electron chi connectivity index (χ3n) is 6.56. The van der Waals surface area contributed by atoms with Crippen LogP contribution in [0.3, 0.4) is 0 Å². The van der Waals surface area contributed by atoms with Gasteiger partial charge in [0.25, 0.3) is 0 Å². The Morgan fingerprint density at radius 1 is 0.667 bits per heavy atom. The second-order valence-corrected chi connectivity index (χ2v) is 9.20. The number of aryl methyl sites for hydroxylation is 2. The van der Waals surface area contributed by atoms with Gasteiger partial charge in [0.05, 0.1) is 13.2 Å². The molecule has 0 bridgehead atoms. The van der Waals surface area contributed by atoms with E-state index in [-0.39, 0.29) is 11.5 Å². The molecule has 2 aliphatic heterocycles. The molecule has 0 aromatic heterocycles. The molecule has 0 aliphatic carbocycles. The van der Waals surface area contributed by atoms with Crippen LogP contribution in [0, 0.1) is 13.8 Å². The molecule has 2 aromatic carbocycles. The van der Waals surface area contributed by atoms with E-state index in [1.165, 1.54) is 0 Å². The van der Waals surface area contributed by atoms with Crippen molar-refractivity contribution in [1.82, 2.24) is 0 Å². The minimum atomic E-state index is -1.61. The Balaban J connectivity index is 1.69. The fraction of sp³-hybridized carbons (Fsp3) is 0.583. The zero-order valence-corrected chi connectivity index (χ0v) is 19.7. The Morgan fingerprint density at radius 3 is 1.72 bits per heavy atom. The third-order valence-corrected chi connectivity index (χ3v) is 6.56. The molecule has 2 aromatic rings. The van der Waals surface area contributed by atoms with Crippen molar-refractivity contribution in [3.8, 4) is 11.5 Å². The van der Waals surface area contributed by atoms with Crippen LogP contribution in [0.2, 0.25) is 0 Å². The predicted octanol–water partition coefficient (Wildman–Crippen LogP) is -2.19. The number of aliphatic hydroxyl groups is 8. The van der Waals surface area contributed by atoms with Crippen LogP contribution in [0.1, 0.15) is 11.1 Å². The molecule has 36 heavy (non-hydrogen) atoms. The normalized spacial score (nSPS) is 37.2. The molecule has 2 heterocycles. The summed E-state index contributed by atoms with van der Waals surface area (Å²) in [6, 6.07) is 6.87. The molecule has 12 heteroatoms. The monoisotopic (exact) mass is 512 g/mol. The van der Waals surface area contributed by atoms with Gasteiger partial charge in [-0.05, 0) is 31.5 Å². The maximum absolute atomic E-state index is 10.4. The largest absolute Gasteiger partial charge is 0.461 e. The van der Waals surface area contributed by atoms with Crippen LogP contribution in [0.15, 0.2) is 24.3 Å². The fourth-order valence-corrected chi connectivity index (χ4v) is 4.44. The van der Waals surface area contributed by atoms with E-state index in [0.717, 1.165) is 5.56 Å². The Kier molecular flexibility index (Phi) is 8.02. The lowest BCUT2D eigenvalue weighted by Gasteiger charge is -2.40. The van der Waals surface area contributed by atoms with Crippen LogP contribution >= 0.6 is 0 Å². The van der Waals surface area contributed by atoms with E-state index in [2.05, 4.69) is 0 Å². The molecular weight excluding hydrogens is 480 g/mol. The summed E-state index contributed by atoms with van der Waals surface area (Å²) >= 11 is 0. The second kappa shape index (κ2) is 10.7. The van der Waals surface area contributed by atoms with Crippen LogP contribution < -0.4 is 9.47 Å². The lowest BCUT2D eigenvalue weighted by Crippen LogP contribution is -2.60.